The smallest absolute Gasteiger partial charge is 0.320 e. The molecule has 1 aromatic rings. The first-order valence-electron chi connectivity index (χ1n) is 10.1. The second-order valence-corrected chi connectivity index (χ2v) is 7.54. The van der Waals surface area contributed by atoms with Gasteiger partial charge in [0, 0.05) is 13.5 Å². The van der Waals surface area contributed by atoms with Crippen LogP contribution < -0.4 is 26.4 Å². The molecule has 0 radical (unpaired) electrons. The molecule has 0 fully saturated rings. The van der Waals surface area contributed by atoms with Crippen LogP contribution in [0.2, 0.25) is 0 Å². The predicted molar refractivity (Wildman–Crippen MR) is 114 cm³/mol. The van der Waals surface area contributed by atoms with Crippen molar-refractivity contribution in [2.45, 2.75) is 51.2 Å². The van der Waals surface area contributed by atoms with Crippen molar-refractivity contribution in [1.29, 1.82) is 0 Å². The molecule has 0 unspecified atom stereocenters. The molecule has 0 aliphatic heterocycles. The van der Waals surface area contributed by atoms with E-state index in [0.29, 0.717) is 12.2 Å². The third-order valence-electron chi connectivity index (χ3n) is 4.66. The van der Waals surface area contributed by atoms with Crippen LogP contribution in [-0.4, -0.2) is 61.7 Å². The molecule has 9 heteroatoms. The van der Waals surface area contributed by atoms with E-state index in [1.807, 2.05) is 26.0 Å². The Morgan fingerprint density at radius 2 is 1.70 bits per heavy atom. The Morgan fingerprint density at radius 1 is 1.07 bits per heavy atom. The van der Waals surface area contributed by atoms with Crippen LogP contribution in [0.5, 0.6) is 5.75 Å². The van der Waals surface area contributed by atoms with Gasteiger partial charge in [0.1, 0.15) is 17.8 Å². The average molecular weight is 423 g/mol. The molecular weight excluding hydrogens is 388 g/mol. The van der Waals surface area contributed by atoms with Gasteiger partial charge in [-0.1, -0.05) is 26.0 Å². The maximum atomic E-state index is 13.0. The van der Waals surface area contributed by atoms with E-state index < -0.39 is 30.0 Å². The van der Waals surface area contributed by atoms with Crippen LogP contribution in [0.25, 0.3) is 0 Å². The van der Waals surface area contributed by atoms with Gasteiger partial charge in [0.05, 0.1) is 13.2 Å². The molecule has 9 nitrogen and oxygen atoms in total. The standard InChI is InChI=1S/C21H34N4O5/c1-13(2)11-17(24-16(9-10-22)21(28)29)20(27)25-18(19(26)23-3)12-14-5-7-15(30-4)8-6-14/h5-8,13,16-18,24H,9-12,22H2,1-4H3,(H,23,26)(H,25,27)(H,28,29)/t16-,17+,18+/m1/s1. The highest BCUT2D eigenvalue weighted by atomic mass is 16.5. The highest BCUT2D eigenvalue weighted by Crippen LogP contribution is 2.13. The Hall–Kier alpha value is -2.65. The van der Waals surface area contributed by atoms with Crippen LogP contribution in [0, 0.1) is 5.92 Å². The molecule has 1 rings (SSSR count). The second-order valence-electron chi connectivity index (χ2n) is 7.54. The summed E-state index contributed by atoms with van der Waals surface area (Å²) in [6.07, 6.45) is 0.903. The van der Waals surface area contributed by atoms with Gasteiger partial charge in [0.15, 0.2) is 0 Å². The van der Waals surface area contributed by atoms with E-state index in [-0.39, 0.29) is 31.2 Å². The summed E-state index contributed by atoms with van der Waals surface area (Å²) in [6.45, 7) is 4.06. The van der Waals surface area contributed by atoms with E-state index in [1.54, 1.807) is 19.2 Å². The van der Waals surface area contributed by atoms with Crippen molar-refractivity contribution < 1.29 is 24.2 Å². The number of hydrogen-bond acceptors (Lipinski definition) is 6. The maximum Gasteiger partial charge on any atom is 0.320 e. The van der Waals surface area contributed by atoms with Crippen molar-refractivity contribution in [3.05, 3.63) is 29.8 Å². The van der Waals surface area contributed by atoms with E-state index in [4.69, 9.17) is 10.5 Å². The number of amides is 2. The number of benzene rings is 1. The van der Waals surface area contributed by atoms with E-state index >= 15 is 0 Å². The lowest BCUT2D eigenvalue weighted by Gasteiger charge is -2.26. The molecule has 0 aliphatic rings. The van der Waals surface area contributed by atoms with E-state index in [0.717, 1.165) is 5.56 Å². The molecule has 168 valence electrons. The first-order chi connectivity index (χ1) is 14.2. The fourth-order valence-corrected chi connectivity index (χ4v) is 3.06. The van der Waals surface area contributed by atoms with Crippen molar-refractivity contribution in [3.8, 4) is 5.75 Å². The van der Waals surface area contributed by atoms with Gasteiger partial charge in [0.2, 0.25) is 11.8 Å². The molecule has 0 aliphatic carbocycles. The zero-order valence-corrected chi connectivity index (χ0v) is 18.1. The third-order valence-corrected chi connectivity index (χ3v) is 4.66. The number of methoxy groups -OCH3 is 1. The lowest BCUT2D eigenvalue weighted by atomic mass is 10.00. The van der Waals surface area contributed by atoms with Gasteiger partial charge < -0.3 is 26.2 Å². The molecule has 0 saturated heterocycles. The lowest BCUT2D eigenvalue weighted by molar-refractivity contribution is -0.140. The SMILES string of the molecule is CNC(=O)[C@H](Cc1ccc(OC)cc1)NC(=O)[C@H](CC(C)C)N[C@H](CCN)C(=O)O. The summed E-state index contributed by atoms with van der Waals surface area (Å²) in [5.41, 5.74) is 6.35. The summed E-state index contributed by atoms with van der Waals surface area (Å²) in [6, 6.07) is 4.71. The van der Waals surface area contributed by atoms with Crippen LogP contribution in [0.4, 0.5) is 0 Å². The number of ether oxygens (including phenoxy) is 1. The molecule has 0 bridgehead atoms. The first kappa shape index (κ1) is 25.4. The second kappa shape index (κ2) is 12.8. The Bertz CT molecular complexity index is 693. The van der Waals surface area contributed by atoms with E-state index in [9.17, 15) is 19.5 Å². The molecule has 0 saturated carbocycles. The quantitative estimate of drug-likeness (QED) is 0.307. The molecule has 0 heterocycles. The van der Waals surface area contributed by atoms with Crippen LogP contribution in [0.1, 0.15) is 32.3 Å². The van der Waals surface area contributed by atoms with Crippen molar-refractivity contribution in [2.75, 3.05) is 20.7 Å². The Kier molecular flexibility index (Phi) is 10.8. The van der Waals surface area contributed by atoms with E-state index in [2.05, 4.69) is 16.0 Å². The number of aliphatic carboxylic acids is 1. The predicted octanol–water partition coefficient (Wildman–Crippen LogP) is 0.275. The third kappa shape index (κ3) is 8.38. The zero-order chi connectivity index (χ0) is 22.7. The van der Waals surface area contributed by atoms with Crippen molar-refractivity contribution in [3.63, 3.8) is 0 Å². The molecular formula is C21H34N4O5. The fourth-order valence-electron chi connectivity index (χ4n) is 3.06. The number of rotatable bonds is 13. The summed E-state index contributed by atoms with van der Waals surface area (Å²) in [4.78, 5) is 36.8. The topological polar surface area (TPSA) is 143 Å². The summed E-state index contributed by atoms with van der Waals surface area (Å²) >= 11 is 0. The zero-order valence-electron chi connectivity index (χ0n) is 18.1. The highest BCUT2D eigenvalue weighted by molar-refractivity contribution is 5.90. The van der Waals surface area contributed by atoms with Crippen molar-refractivity contribution >= 4 is 17.8 Å². The number of carbonyl (C=O) groups excluding carboxylic acids is 2. The molecule has 2 amide bonds. The highest BCUT2D eigenvalue weighted by Gasteiger charge is 2.29. The van der Waals surface area contributed by atoms with Crippen LogP contribution in [-0.2, 0) is 20.8 Å². The molecule has 0 spiro atoms. The number of carbonyl (C=O) groups is 3. The van der Waals surface area contributed by atoms with Crippen LogP contribution >= 0.6 is 0 Å². The van der Waals surface area contributed by atoms with Crippen LogP contribution in [0.15, 0.2) is 24.3 Å². The summed E-state index contributed by atoms with van der Waals surface area (Å²) in [7, 11) is 3.07. The summed E-state index contributed by atoms with van der Waals surface area (Å²) < 4.78 is 5.14. The average Bonchev–Trinajstić information content (AvgIpc) is 2.71. The summed E-state index contributed by atoms with van der Waals surface area (Å²) in [5.74, 6) is -0.989. The maximum absolute atomic E-state index is 13.0. The Balaban J connectivity index is 2.97. The van der Waals surface area contributed by atoms with Gasteiger partial charge in [0.25, 0.3) is 0 Å². The van der Waals surface area contributed by atoms with Gasteiger partial charge >= 0.3 is 5.97 Å². The number of carboxylic acid groups (broad SMARTS) is 1. The van der Waals surface area contributed by atoms with Crippen molar-refractivity contribution in [1.82, 2.24) is 16.0 Å². The largest absolute Gasteiger partial charge is 0.497 e. The number of likely N-dealkylation sites (N-methyl/N-ethyl adjacent to an activating group) is 1. The van der Waals surface area contributed by atoms with Gasteiger partial charge in [-0.25, -0.2) is 0 Å². The molecule has 1 aromatic carbocycles. The minimum absolute atomic E-state index is 0.139. The first-order valence-corrected chi connectivity index (χ1v) is 10.1. The Morgan fingerprint density at radius 3 is 2.17 bits per heavy atom. The fraction of sp³-hybridized carbons (Fsp3) is 0.571. The number of nitrogens with one attached hydrogen (secondary N) is 3. The number of nitrogens with two attached hydrogens (primary N) is 1. The van der Waals surface area contributed by atoms with Crippen LogP contribution in [0.3, 0.4) is 0 Å². The number of hydrogen-bond donors (Lipinski definition) is 5. The van der Waals surface area contributed by atoms with Gasteiger partial charge in [-0.3, -0.25) is 19.7 Å². The Labute approximate surface area is 177 Å². The molecule has 0 aromatic heterocycles. The van der Waals surface area contributed by atoms with Crippen molar-refractivity contribution in [2.24, 2.45) is 11.7 Å². The number of carboxylic acids is 1. The molecule has 3 atom stereocenters. The lowest BCUT2D eigenvalue weighted by Crippen LogP contribution is -2.56. The minimum atomic E-state index is -1.07. The van der Waals surface area contributed by atoms with Gasteiger partial charge in [-0.05, 0) is 43.0 Å². The molecule has 30 heavy (non-hydrogen) atoms. The monoisotopic (exact) mass is 422 g/mol. The van der Waals surface area contributed by atoms with Gasteiger partial charge in [-0.2, -0.15) is 0 Å². The minimum Gasteiger partial charge on any atom is -0.497 e. The summed E-state index contributed by atoms with van der Waals surface area (Å²) in [5, 5.41) is 17.6. The van der Waals surface area contributed by atoms with E-state index in [1.165, 1.54) is 7.05 Å². The van der Waals surface area contributed by atoms with Gasteiger partial charge in [-0.15, -0.1) is 0 Å². The molecule has 6 N–H and O–H groups in total. The normalized spacial score (nSPS) is 13.9.